The maximum absolute atomic E-state index is 9.48. The molecule has 2 nitrogen and oxygen atoms in total. The molecule has 0 amide bonds. The first kappa shape index (κ1) is 13.8. The molecule has 0 N–H and O–H groups in total. The maximum Gasteiger partial charge on any atom is 0.135 e. The van der Waals surface area contributed by atoms with Crippen LogP contribution >= 0.6 is 0 Å². The lowest BCUT2D eigenvalue weighted by Crippen LogP contribution is -1.97. The standard InChI is InChI=1S/C40H25NO/c1-2-13-31(14-3-1)41-36-17-5-4-15-32(36)34-24-29(19-21-37(34)41)27-11-6-12-28(23-27)30-20-22-38-35(25-30)33-16-7-9-26-10-8-18-39(42-38)40(26)33/h1-25H/i6D,7D,8D,9D,10D,11D,12D,16D,18D,20D,22D,23D,25D. The topological polar surface area (TPSA) is 14.2 Å². The van der Waals surface area contributed by atoms with Crippen molar-refractivity contribution in [3.63, 3.8) is 0 Å². The number of benzene rings is 7. The summed E-state index contributed by atoms with van der Waals surface area (Å²) in [6.45, 7) is 0. The molecule has 0 atom stereocenters. The maximum atomic E-state index is 9.48. The normalized spacial score (nSPS) is 16.3. The molecule has 1 aromatic heterocycles. The molecular weight excluding hydrogens is 510 g/mol. The van der Waals surface area contributed by atoms with Gasteiger partial charge in [0.2, 0.25) is 0 Å². The first-order chi connectivity index (χ1) is 26.3. The second-order valence-electron chi connectivity index (χ2n) is 9.93. The Morgan fingerprint density at radius 1 is 0.524 bits per heavy atom. The third kappa shape index (κ3) is 3.45. The Bertz CT molecular complexity index is 3040. The summed E-state index contributed by atoms with van der Waals surface area (Å²) >= 11 is 0. The van der Waals surface area contributed by atoms with E-state index in [1.807, 2.05) is 66.7 Å². The van der Waals surface area contributed by atoms with Crippen LogP contribution in [-0.2, 0) is 0 Å². The van der Waals surface area contributed by atoms with Gasteiger partial charge in [-0.05, 0) is 87.7 Å². The number of nitrogens with zero attached hydrogens (tertiary/aromatic N) is 1. The smallest absolute Gasteiger partial charge is 0.135 e. The summed E-state index contributed by atoms with van der Waals surface area (Å²) in [5, 5.41) is 1.31. The van der Waals surface area contributed by atoms with E-state index < -0.39 is 89.9 Å². The van der Waals surface area contributed by atoms with Crippen molar-refractivity contribution in [2.24, 2.45) is 0 Å². The first-order valence-electron chi connectivity index (χ1n) is 19.8. The molecule has 9 rings (SSSR count). The van der Waals surface area contributed by atoms with Crippen molar-refractivity contribution in [1.82, 2.24) is 4.57 Å². The molecule has 0 saturated heterocycles. The van der Waals surface area contributed by atoms with E-state index in [0.29, 0.717) is 5.56 Å². The zero-order valence-electron chi connectivity index (χ0n) is 34.8. The minimum atomic E-state index is -0.653. The average Bonchev–Trinajstić information content (AvgIpc) is 3.52. The predicted octanol–water partition coefficient (Wildman–Crippen LogP) is 11.0. The van der Waals surface area contributed by atoms with Crippen LogP contribution in [0.4, 0.5) is 0 Å². The quantitative estimate of drug-likeness (QED) is 0.214. The van der Waals surface area contributed by atoms with Crippen molar-refractivity contribution in [3.05, 3.63) is 151 Å². The van der Waals surface area contributed by atoms with Crippen molar-refractivity contribution in [1.29, 1.82) is 0 Å². The van der Waals surface area contributed by atoms with Gasteiger partial charge in [0.25, 0.3) is 0 Å². The van der Waals surface area contributed by atoms with Gasteiger partial charge in [-0.1, -0.05) is 96.8 Å². The highest BCUT2D eigenvalue weighted by molar-refractivity contribution is 6.10. The molecule has 0 radical (unpaired) electrons. The molecule has 2 heterocycles. The molecule has 42 heavy (non-hydrogen) atoms. The summed E-state index contributed by atoms with van der Waals surface area (Å²) in [6, 6.07) is 15.6. The number of aromatic nitrogens is 1. The minimum Gasteiger partial charge on any atom is -0.456 e. The lowest BCUT2D eigenvalue weighted by Gasteiger charge is -2.22. The zero-order chi connectivity index (χ0) is 38.9. The molecule has 7 aromatic carbocycles. The van der Waals surface area contributed by atoms with E-state index in [1.165, 1.54) is 0 Å². The molecule has 1 aliphatic heterocycles. The fourth-order valence-corrected chi connectivity index (χ4v) is 5.68. The Hall–Kier alpha value is -5.60. The minimum absolute atomic E-state index is 0.0321. The molecule has 0 fully saturated rings. The Labute approximate surface area is 261 Å². The van der Waals surface area contributed by atoms with Gasteiger partial charge in [-0.2, -0.15) is 0 Å². The van der Waals surface area contributed by atoms with Crippen LogP contribution in [0.1, 0.15) is 17.8 Å². The lowest BCUT2D eigenvalue weighted by molar-refractivity contribution is 0.487. The van der Waals surface area contributed by atoms with Gasteiger partial charge in [0.05, 0.1) is 28.9 Å². The van der Waals surface area contributed by atoms with Gasteiger partial charge in [-0.3, -0.25) is 0 Å². The number of hydrogen-bond donors (Lipinski definition) is 0. The molecule has 2 heteroatoms. The summed E-state index contributed by atoms with van der Waals surface area (Å²) in [5.41, 5.74) is 1.78. The second kappa shape index (κ2) is 8.95. The highest BCUT2D eigenvalue weighted by Crippen LogP contribution is 2.47. The zero-order valence-corrected chi connectivity index (χ0v) is 21.8. The van der Waals surface area contributed by atoms with Crippen LogP contribution in [0, 0.1) is 0 Å². The molecule has 1 aliphatic rings. The van der Waals surface area contributed by atoms with Crippen LogP contribution in [0.5, 0.6) is 11.5 Å². The Morgan fingerprint density at radius 3 is 2.17 bits per heavy atom. The van der Waals surface area contributed by atoms with Crippen LogP contribution in [0.25, 0.3) is 71.6 Å². The van der Waals surface area contributed by atoms with E-state index in [-0.39, 0.29) is 38.8 Å². The molecule has 8 aromatic rings. The van der Waals surface area contributed by atoms with Crippen molar-refractivity contribution < 1.29 is 22.6 Å². The second-order valence-corrected chi connectivity index (χ2v) is 9.93. The predicted molar refractivity (Wildman–Crippen MR) is 175 cm³/mol. The first-order valence-corrected chi connectivity index (χ1v) is 13.3. The molecule has 196 valence electrons. The van der Waals surface area contributed by atoms with Crippen molar-refractivity contribution in [2.45, 2.75) is 0 Å². The van der Waals surface area contributed by atoms with E-state index in [2.05, 4.69) is 4.57 Å². The average molecular weight is 549 g/mol. The summed E-state index contributed by atoms with van der Waals surface area (Å²) < 4.78 is 123. The Kier molecular flexibility index (Phi) is 2.95. The van der Waals surface area contributed by atoms with E-state index in [9.17, 15) is 2.74 Å². The van der Waals surface area contributed by atoms with Crippen LogP contribution < -0.4 is 4.74 Å². The monoisotopic (exact) mass is 548 g/mol. The van der Waals surface area contributed by atoms with Crippen LogP contribution in [-0.4, -0.2) is 4.57 Å². The van der Waals surface area contributed by atoms with Crippen molar-refractivity contribution in [3.8, 4) is 50.6 Å². The summed E-state index contributed by atoms with van der Waals surface area (Å²) in [4.78, 5) is 0. The van der Waals surface area contributed by atoms with E-state index in [0.717, 1.165) is 27.5 Å². The number of ether oxygens (including phenoxy) is 1. The van der Waals surface area contributed by atoms with Crippen LogP contribution in [0.2, 0.25) is 0 Å². The van der Waals surface area contributed by atoms with E-state index >= 15 is 0 Å². The molecule has 0 aliphatic carbocycles. The van der Waals surface area contributed by atoms with Gasteiger partial charge >= 0.3 is 0 Å². The van der Waals surface area contributed by atoms with Gasteiger partial charge in [0.1, 0.15) is 11.5 Å². The largest absolute Gasteiger partial charge is 0.456 e. The number of para-hydroxylation sites is 2. The molecule has 0 spiro atoms. The highest BCUT2D eigenvalue weighted by atomic mass is 16.5. The fourth-order valence-electron chi connectivity index (χ4n) is 5.68. The van der Waals surface area contributed by atoms with Gasteiger partial charge in [0.15, 0.2) is 0 Å². The van der Waals surface area contributed by atoms with Gasteiger partial charge < -0.3 is 9.30 Å². The van der Waals surface area contributed by atoms with Crippen molar-refractivity contribution in [2.75, 3.05) is 0 Å². The third-order valence-electron chi connectivity index (χ3n) is 7.55. The van der Waals surface area contributed by atoms with Gasteiger partial charge in [-0.15, -0.1) is 0 Å². The lowest BCUT2D eigenvalue weighted by atomic mass is 9.91. The van der Waals surface area contributed by atoms with E-state index in [1.54, 1.807) is 6.07 Å². The van der Waals surface area contributed by atoms with Crippen LogP contribution in [0.3, 0.4) is 0 Å². The van der Waals surface area contributed by atoms with E-state index in [4.69, 9.17) is 19.8 Å². The van der Waals surface area contributed by atoms with Gasteiger partial charge in [0, 0.05) is 27.4 Å². The molecule has 0 bridgehead atoms. The van der Waals surface area contributed by atoms with Crippen LogP contribution in [0.15, 0.2) is 151 Å². The van der Waals surface area contributed by atoms with Crippen molar-refractivity contribution >= 4 is 32.6 Å². The molecule has 0 unspecified atom stereocenters. The summed E-state index contributed by atoms with van der Waals surface area (Å²) in [7, 11) is 0. The Morgan fingerprint density at radius 2 is 1.26 bits per heavy atom. The molecule has 0 saturated carbocycles. The molecular formula is C40H25NO. The highest BCUT2D eigenvalue weighted by Gasteiger charge is 2.20. The Balaban J connectivity index is 1.34. The fraction of sp³-hybridized carbons (Fsp3) is 0. The van der Waals surface area contributed by atoms with Gasteiger partial charge in [-0.25, -0.2) is 0 Å². The number of fused-ring (bicyclic) bond motifs is 5. The summed E-state index contributed by atoms with van der Waals surface area (Å²) in [5.74, 6) is -0.772. The third-order valence-corrected chi connectivity index (χ3v) is 7.55. The number of rotatable bonds is 3. The summed E-state index contributed by atoms with van der Waals surface area (Å²) in [6.07, 6.45) is 0. The SMILES string of the molecule is [2H]c1c([2H])c(-c2ccc3c(c2)c2ccccc2n3-c2ccccc2)c([2H])c(-c2c([2H])c([2H])c3c(c2[2H])-c2c([2H])c([2H])c([2H])c4c([2H])c([2H])c([2H])c(c24)O3)c1[2H]. The number of hydrogen-bond acceptors (Lipinski definition) is 1.